The molecule has 0 spiro atoms. The van der Waals surface area contributed by atoms with Crippen LogP contribution < -0.4 is 10.3 Å². The zero-order chi connectivity index (χ0) is 14.7. The predicted octanol–water partition coefficient (Wildman–Crippen LogP) is 1.64. The number of hydrazone groups is 1. The molecular formula is C14H15N7. The first-order valence-electron chi connectivity index (χ1n) is 6.46. The summed E-state index contributed by atoms with van der Waals surface area (Å²) >= 11 is 0. The lowest BCUT2D eigenvalue weighted by atomic mass is 10.2. The zero-order valence-electron chi connectivity index (χ0n) is 11.8. The molecule has 0 amide bonds. The number of hydrogen-bond acceptors (Lipinski definition) is 6. The molecule has 7 heteroatoms. The topological polar surface area (TPSA) is 70.7 Å². The molecule has 0 aliphatic rings. The van der Waals surface area contributed by atoms with Crippen LogP contribution in [0.1, 0.15) is 5.56 Å². The number of anilines is 2. The highest BCUT2D eigenvalue weighted by Crippen LogP contribution is 2.11. The van der Waals surface area contributed by atoms with Crippen molar-refractivity contribution < 1.29 is 0 Å². The minimum absolute atomic E-state index is 0.628. The largest absolute Gasteiger partial charge is 0.378 e. The molecule has 0 radical (unpaired) electrons. The van der Waals surface area contributed by atoms with Crippen LogP contribution in [-0.4, -0.2) is 40.1 Å². The molecule has 21 heavy (non-hydrogen) atoms. The van der Waals surface area contributed by atoms with Gasteiger partial charge in [-0.05, 0) is 29.8 Å². The van der Waals surface area contributed by atoms with Gasteiger partial charge in [-0.1, -0.05) is 12.1 Å². The summed E-state index contributed by atoms with van der Waals surface area (Å²) in [5.74, 6) is 0.628. The van der Waals surface area contributed by atoms with Gasteiger partial charge >= 0.3 is 0 Å². The molecule has 3 aromatic rings. The average molecular weight is 281 g/mol. The smallest absolute Gasteiger partial charge is 0.177 e. The van der Waals surface area contributed by atoms with E-state index in [0.717, 1.165) is 11.3 Å². The van der Waals surface area contributed by atoms with Gasteiger partial charge in [0.25, 0.3) is 0 Å². The molecule has 1 aromatic carbocycles. The Hall–Kier alpha value is -2.96. The fourth-order valence-electron chi connectivity index (χ4n) is 1.82. The van der Waals surface area contributed by atoms with Crippen molar-refractivity contribution in [3.8, 4) is 0 Å². The van der Waals surface area contributed by atoms with Crippen LogP contribution in [0.25, 0.3) is 5.65 Å². The van der Waals surface area contributed by atoms with Crippen LogP contribution in [0.3, 0.4) is 0 Å². The standard InChI is InChI=1S/C14H15N7/c1-20(2)12-5-3-11(4-6-12)9-15-17-13-7-8-14-18-16-10-21(14)19-13/h3-10H,1-2H3,(H,17,19). The molecule has 0 saturated heterocycles. The van der Waals surface area contributed by atoms with Gasteiger partial charge in [0, 0.05) is 19.8 Å². The van der Waals surface area contributed by atoms with Crippen LogP contribution in [0.5, 0.6) is 0 Å². The number of benzene rings is 1. The Morgan fingerprint density at radius 3 is 2.71 bits per heavy atom. The molecule has 2 heterocycles. The monoisotopic (exact) mass is 281 g/mol. The first-order valence-corrected chi connectivity index (χ1v) is 6.46. The molecule has 0 atom stereocenters. The van der Waals surface area contributed by atoms with E-state index >= 15 is 0 Å². The minimum atomic E-state index is 0.628. The van der Waals surface area contributed by atoms with Gasteiger partial charge < -0.3 is 4.90 Å². The van der Waals surface area contributed by atoms with E-state index in [1.807, 2.05) is 44.4 Å². The van der Waals surface area contributed by atoms with Gasteiger partial charge in [-0.3, -0.25) is 5.43 Å². The number of nitrogens with one attached hydrogen (secondary N) is 1. The lowest BCUT2D eigenvalue weighted by Crippen LogP contribution is -2.08. The Labute approximate surface area is 121 Å². The second-order valence-corrected chi connectivity index (χ2v) is 4.71. The van der Waals surface area contributed by atoms with Crippen molar-refractivity contribution in [3.05, 3.63) is 48.3 Å². The van der Waals surface area contributed by atoms with Crippen LogP contribution in [-0.2, 0) is 0 Å². The summed E-state index contributed by atoms with van der Waals surface area (Å²) in [6, 6.07) is 11.7. The predicted molar refractivity (Wildman–Crippen MR) is 82.8 cm³/mol. The average Bonchev–Trinajstić information content (AvgIpc) is 2.95. The quantitative estimate of drug-likeness (QED) is 0.581. The van der Waals surface area contributed by atoms with Crippen LogP contribution >= 0.6 is 0 Å². The van der Waals surface area contributed by atoms with E-state index in [0.29, 0.717) is 11.5 Å². The molecule has 0 aliphatic heterocycles. The summed E-state index contributed by atoms with van der Waals surface area (Å²) in [5, 5.41) is 16.1. The number of hydrogen-bond donors (Lipinski definition) is 1. The van der Waals surface area contributed by atoms with E-state index in [1.54, 1.807) is 23.1 Å². The summed E-state index contributed by atoms with van der Waals surface area (Å²) < 4.78 is 1.59. The normalized spacial score (nSPS) is 11.1. The van der Waals surface area contributed by atoms with Crippen molar-refractivity contribution in [3.63, 3.8) is 0 Å². The van der Waals surface area contributed by atoms with Crippen LogP contribution in [0.15, 0.2) is 47.8 Å². The lowest BCUT2D eigenvalue weighted by Gasteiger charge is -2.11. The maximum absolute atomic E-state index is 4.26. The van der Waals surface area contributed by atoms with Gasteiger partial charge in [-0.2, -0.15) is 9.62 Å². The maximum Gasteiger partial charge on any atom is 0.177 e. The van der Waals surface area contributed by atoms with Crippen molar-refractivity contribution in [2.24, 2.45) is 5.10 Å². The minimum Gasteiger partial charge on any atom is -0.378 e. The Morgan fingerprint density at radius 1 is 1.14 bits per heavy atom. The van der Waals surface area contributed by atoms with Crippen molar-refractivity contribution in [2.45, 2.75) is 0 Å². The van der Waals surface area contributed by atoms with Gasteiger partial charge in [-0.25, -0.2) is 0 Å². The number of aromatic nitrogens is 4. The van der Waals surface area contributed by atoms with Gasteiger partial charge in [0.05, 0.1) is 6.21 Å². The first-order chi connectivity index (χ1) is 10.2. The fourth-order valence-corrected chi connectivity index (χ4v) is 1.82. The molecule has 0 unspecified atom stereocenters. The van der Waals surface area contributed by atoms with E-state index < -0.39 is 0 Å². The number of nitrogens with zero attached hydrogens (tertiary/aromatic N) is 6. The molecule has 0 aliphatic carbocycles. The van der Waals surface area contributed by atoms with Gasteiger partial charge in [0.1, 0.15) is 6.33 Å². The lowest BCUT2D eigenvalue weighted by molar-refractivity contribution is 0.925. The van der Waals surface area contributed by atoms with E-state index in [1.165, 1.54) is 0 Å². The number of fused-ring (bicyclic) bond motifs is 1. The summed E-state index contributed by atoms with van der Waals surface area (Å²) in [6.07, 6.45) is 3.29. The van der Waals surface area contributed by atoms with Crippen molar-refractivity contribution in [1.82, 2.24) is 19.8 Å². The van der Waals surface area contributed by atoms with E-state index in [-0.39, 0.29) is 0 Å². The van der Waals surface area contributed by atoms with Gasteiger partial charge in [0.15, 0.2) is 11.5 Å². The molecule has 0 saturated carbocycles. The number of rotatable bonds is 4. The Bertz CT molecular complexity index is 758. The highest BCUT2D eigenvalue weighted by Gasteiger charge is 1.98. The SMILES string of the molecule is CN(C)c1ccc(C=NNc2ccc3nncn3n2)cc1. The van der Waals surface area contributed by atoms with Crippen molar-refractivity contribution in [2.75, 3.05) is 24.4 Å². The third-order valence-electron chi connectivity index (χ3n) is 2.96. The maximum atomic E-state index is 4.26. The molecule has 3 rings (SSSR count). The van der Waals surface area contributed by atoms with E-state index in [4.69, 9.17) is 0 Å². The first kappa shape index (κ1) is 13.0. The van der Waals surface area contributed by atoms with Crippen molar-refractivity contribution in [1.29, 1.82) is 0 Å². The summed E-state index contributed by atoms with van der Waals surface area (Å²) in [5.41, 5.74) is 5.75. The van der Waals surface area contributed by atoms with Crippen LogP contribution in [0, 0.1) is 0 Å². The zero-order valence-corrected chi connectivity index (χ0v) is 11.8. The molecule has 2 aromatic heterocycles. The van der Waals surface area contributed by atoms with Crippen LogP contribution in [0.2, 0.25) is 0 Å². The second-order valence-electron chi connectivity index (χ2n) is 4.71. The Kier molecular flexibility index (Phi) is 3.46. The van der Waals surface area contributed by atoms with E-state index in [2.05, 4.69) is 30.7 Å². The second kappa shape index (κ2) is 5.58. The van der Waals surface area contributed by atoms with Gasteiger partial charge in [-0.15, -0.1) is 15.3 Å². The molecular weight excluding hydrogens is 266 g/mol. The molecule has 1 N–H and O–H groups in total. The van der Waals surface area contributed by atoms with Crippen LogP contribution in [0.4, 0.5) is 11.5 Å². The van der Waals surface area contributed by atoms with Gasteiger partial charge in [0.2, 0.25) is 0 Å². The third kappa shape index (κ3) is 2.97. The summed E-state index contributed by atoms with van der Waals surface area (Å²) in [4.78, 5) is 2.05. The third-order valence-corrected chi connectivity index (χ3v) is 2.96. The highest BCUT2D eigenvalue weighted by atomic mass is 15.4. The molecule has 106 valence electrons. The fraction of sp³-hybridized carbons (Fsp3) is 0.143. The highest BCUT2D eigenvalue weighted by molar-refractivity contribution is 5.80. The molecule has 0 bridgehead atoms. The Balaban J connectivity index is 1.68. The van der Waals surface area contributed by atoms with E-state index in [9.17, 15) is 0 Å². The molecule has 0 fully saturated rings. The summed E-state index contributed by atoms with van der Waals surface area (Å²) in [6.45, 7) is 0. The molecule has 7 nitrogen and oxygen atoms in total. The summed E-state index contributed by atoms with van der Waals surface area (Å²) in [7, 11) is 4.02. The Morgan fingerprint density at radius 2 is 1.95 bits per heavy atom. The van der Waals surface area contributed by atoms with Crippen molar-refractivity contribution >= 4 is 23.4 Å².